The zero-order valence-corrected chi connectivity index (χ0v) is 15.1. The van der Waals surface area contributed by atoms with E-state index in [0.717, 1.165) is 29.0 Å². The Hall–Kier alpha value is -3.03. The number of hydrogen-bond donors (Lipinski definition) is 0. The molecule has 0 bridgehead atoms. The highest BCUT2D eigenvalue weighted by molar-refractivity contribution is 5.69. The maximum absolute atomic E-state index is 12.6. The van der Waals surface area contributed by atoms with Crippen LogP contribution in [0.5, 0.6) is 11.6 Å². The number of halogens is 3. The first-order valence-electron chi connectivity index (χ1n) is 8.70. The number of hydrogen-bond acceptors (Lipinski definition) is 4. The number of rotatable bonds is 3. The average molecular weight is 391 g/mol. The maximum atomic E-state index is 12.6. The molecule has 0 atom stereocenters. The van der Waals surface area contributed by atoms with Gasteiger partial charge in [-0.05, 0) is 49.1 Å². The summed E-state index contributed by atoms with van der Waals surface area (Å²) >= 11 is 0. The van der Waals surface area contributed by atoms with Crippen molar-refractivity contribution < 1.29 is 27.8 Å². The second kappa shape index (κ2) is 7.92. The molecular formula is C20H18F3N2O3-. The van der Waals surface area contributed by atoms with Gasteiger partial charge in [0, 0.05) is 25.4 Å². The van der Waals surface area contributed by atoms with Crippen LogP contribution in [-0.4, -0.2) is 29.1 Å². The fourth-order valence-electron chi connectivity index (χ4n) is 3.06. The van der Waals surface area contributed by atoms with E-state index in [-0.39, 0.29) is 5.88 Å². The zero-order valence-electron chi connectivity index (χ0n) is 15.1. The molecule has 0 spiro atoms. The van der Waals surface area contributed by atoms with Crippen molar-refractivity contribution in [2.45, 2.75) is 25.9 Å². The lowest BCUT2D eigenvalue weighted by molar-refractivity contribution is -0.265. The van der Waals surface area contributed by atoms with Crippen molar-refractivity contribution in [3.05, 3.63) is 59.3 Å². The number of carbonyl (C=O) groups excluding carboxylic acids is 1. The number of piperidine rings is 1. The smallest absolute Gasteiger partial charge is 0.417 e. The predicted molar refractivity (Wildman–Crippen MR) is 94.6 cm³/mol. The van der Waals surface area contributed by atoms with E-state index in [1.807, 2.05) is 13.0 Å². The van der Waals surface area contributed by atoms with Crippen LogP contribution in [-0.2, 0) is 6.18 Å². The van der Waals surface area contributed by atoms with Gasteiger partial charge in [0.15, 0.2) is 0 Å². The third kappa shape index (κ3) is 4.62. The second-order valence-corrected chi connectivity index (χ2v) is 6.49. The molecule has 28 heavy (non-hydrogen) atoms. The quantitative estimate of drug-likeness (QED) is 0.790. The van der Waals surface area contributed by atoms with Crippen molar-refractivity contribution in [1.29, 1.82) is 0 Å². The first-order chi connectivity index (χ1) is 13.2. The third-order valence-corrected chi connectivity index (χ3v) is 4.71. The zero-order chi connectivity index (χ0) is 20.3. The van der Waals surface area contributed by atoms with E-state index in [0.29, 0.717) is 31.7 Å². The summed E-state index contributed by atoms with van der Waals surface area (Å²) in [6.45, 7) is 2.76. The summed E-state index contributed by atoms with van der Waals surface area (Å²) in [5.74, 6) is 0.523. The Kier molecular flexibility index (Phi) is 5.58. The van der Waals surface area contributed by atoms with E-state index in [1.54, 1.807) is 18.2 Å². The largest absolute Gasteiger partial charge is 0.530 e. The van der Waals surface area contributed by atoms with E-state index in [9.17, 15) is 23.1 Å². The molecule has 148 valence electrons. The molecule has 0 N–H and O–H groups in total. The van der Waals surface area contributed by atoms with Crippen molar-refractivity contribution in [3.63, 3.8) is 0 Å². The van der Waals surface area contributed by atoms with Crippen LogP contribution >= 0.6 is 0 Å². The number of ether oxygens (including phenoxy) is 1. The van der Waals surface area contributed by atoms with Gasteiger partial charge in [-0.1, -0.05) is 17.7 Å². The number of aromatic nitrogens is 1. The van der Waals surface area contributed by atoms with Crippen molar-refractivity contribution in [2.75, 3.05) is 13.1 Å². The molecule has 1 amide bonds. The number of nitrogens with zero attached hydrogens (tertiary/aromatic N) is 2. The highest BCUT2D eigenvalue weighted by Gasteiger charge is 2.30. The fraction of sp³-hybridized carbons (Fsp3) is 0.300. The Morgan fingerprint density at radius 3 is 2.46 bits per heavy atom. The molecule has 2 heterocycles. The molecule has 1 aromatic heterocycles. The molecule has 1 aromatic carbocycles. The Morgan fingerprint density at radius 2 is 1.89 bits per heavy atom. The molecule has 1 saturated heterocycles. The molecule has 0 aliphatic carbocycles. The SMILES string of the molecule is CC(=C1CCN(C(=O)[O-])CC1)c1cccc(Oc2ccc(C(F)(F)F)cn2)c1. The van der Waals surface area contributed by atoms with Crippen LogP contribution in [0.1, 0.15) is 30.9 Å². The van der Waals surface area contributed by atoms with Gasteiger partial charge in [0.2, 0.25) is 5.88 Å². The monoisotopic (exact) mass is 391 g/mol. The topological polar surface area (TPSA) is 65.5 Å². The minimum absolute atomic E-state index is 0.0673. The third-order valence-electron chi connectivity index (χ3n) is 4.71. The van der Waals surface area contributed by atoms with Crippen molar-refractivity contribution in [1.82, 2.24) is 9.88 Å². The molecule has 0 saturated carbocycles. The van der Waals surface area contributed by atoms with Crippen LogP contribution < -0.4 is 9.84 Å². The van der Waals surface area contributed by atoms with Gasteiger partial charge in [-0.25, -0.2) is 4.98 Å². The first-order valence-corrected chi connectivity index (χ1v) is 8.70. The second-order valence-electron chi connectivity index (χ2n) is 6.49. The number of pyridine rings is 1. The summed E-state index contributed by atoms with van der Waals surface area (Å²) in [6, 6.07) is 9.27. The minimum Gasteiger partial charge on any atom is -0.530 e. The summed E-state index contributed by atoms with van der Waals surface area (Å²) in [5, 5.41) is 10.9. The summed E-state index contributed by atoms with van der Waals surface area (Å²) < 4.78 is 43.4. The maximum Gasteiger partial charge on any atom is 0.417 e. The van der Waals surface area contributed by atoms with Crippen LogP contribution in [0.4, 0.5) is 18.0 Å². The van der Waals surface area contributed by atoms with Gasteiger partial charge < -0.3 is 19.5 Å². The van der Waals surface area contributed by atoms with Gasteiger partial charge in [-0.15, -0.1) is 0 Å². The summed E-state index contributed by atoms with van der Waals surface area (Å²) in [7, 11) is 0. The molecular weight excluding hydrogens is 373 g/mol. The van der Waals surface area contributed by atoms with Gasteiger partial charge in [0.1, 0.15) is 11.8 Å². The van der Waals surface area contributed by atoms with Crippen LogP contribution in [0, 0.1) is 0 Å². The Morgan fingerprint density at radius 1 is 1.18 bits per heavy atom. The number of benzene rings is 1. The number of likely N-dealkylation sites (tertiary alicyclic amines) is 1. The molecule has 1 aliphatic heterocycles. The van der Waals surface area contributed by atoms with Gasteiger partial charge in [-0.2, -0.15) is 13.2 Å². The standard InChI is InChI=1S/C20H19F3N2O3/c1-13(14-7-9-25(10-8-14)19(26)27)15-3-2-4-17(11-15)28-18-6-5-16(12-24-18)20(21,22)23/h2-6,11-12H,7-10H2,1H3,(H,26,27)/p-1. The van der Waals surface area contributed by atoms with Crippen molar-refractivity contribution in [2.24, 2.45) is 0 Å². The van der Waals surface area contributed by atoms with Crippen LogP contribution in [0.15, 0.2) is 48.2 Å². The van der Waals surface area contributed by atoms with Crippen molar-refractivity contribution >= 4 is 11.7 Å². The molecule has 0 unspecified atom stereocenters. The van der Waals surface area contributed by atoms with E-state index < -0.39 is 17.8 Å². The Labute approximate surface area is 160 Å². The summed E-state index contributed by atoms with van der Waals surface area (Å²) in [4.78, 5) is 15.9. The molecule has 1 aliphatic rings. The fourth-order valence-corrected chi connectivity index (χ4v) is 3.06. The summed E-state index contributed by atoms with van der Waals surface area (Å²) in [6.07, 6.45) is -3.61. The van der Waals surface area contributed by atoms with Gasteiger partial charge >= 0.3 is 6.18 Å². The Balaban J connectivity index is 1.74. The van der Waals surface area contributed by atoms with Crippen molar-refractivity contribution in [3.8, 4) is 11.6 Å². The lowest BCUT2D eigenvalue weighted by atomic mass is 9.94. The molecule has 1 fully saturated rings. The average Bonchev–Trinajstić information content (AvgIpc) is 2.67. The normalized spacial score (nSPS) is 14.7. The highest BCUT2D eigenvalue weighted by atomic mass is 19.4. The molecule has 3 rings (SSSR count). The number of allylic oxidation sites excluding steroid dienone is 1. The van der Waals surface area contributed by atoms with Crippen LogP contribution in [0.25, 0.3) is 5.57 Å². The van der Waals surface area contributed by atoms with E-state index in [1.165, 1.54) is 11.0 Å². The molecule has 5 nitrogen and oxygen atoms in total. The number of amides is 1. The molecule has 2 aromatic rings. The predicted octanol–water partition coefficient (Wildman–Crippen LogP) is 4.11. The lowest BCUT2D eigenvalue weighted by Crippen LogP contribution is -2.44. The van der Waals surface area contributed by atoms with E-state index in [4.69, 9.17) is 4.74 Å². The Bertz CT molecular complexity index is 882. The van der Waals surface area contributed by atoms with E-state index in [2.05, 4.69) is 4.98 Å². The lowest BCUT2D eigenvalue weighted by Gasteiger charge is -2.31. The molecule has 8 heteroatoms. The van der Waals surface area contributed by atoms with Gasteiger partial charge in [-0.3, -0.25) is 0 Å². The summed E-state index contributed by atoms with van der Waals surface area (Å²) in [5.41, 5.74) is 2.25. The van der Waals surface area contributed by atoms with Gasteiger partial charge in [0.25, 0.3) is 0 Å². The number of carbonyl (C=O) groups is 1. The van der Waals surface area contributed by atoms with Crippen LogP contribution in [0.2, 0.25) is 0 Å². The van der Waals surface area contributed by atoms with Crippen LogP contribution in [0.3, 0.4) is 0 Å². The minimum atomic E-state index is -4.44. The first kappa shape index (κ1) is 19.7. The highest BCUT2D eigenvalue weighted by Crippen LogP contribution is 2.31. The van der Waals surface area contributed by atoms with Gasteiger partial charge in [0.05, 0.1) is 5.56 Å². The van der Waals surface area contributed by atoms with E-state index >= 15 is 0 Å². The number of carboxylic acid groups (broad SMARTS) is 1. The molecule has 0 radical (unpaired) electrons. The number of alkyl halides is 3.